The molecule has 0 aromatic heterocycles. The first-order valence-electron chi connectivity index (χ1n) is 6.74. The van der Waals surface area contributed by atoms with Crippen molar-refractivity contribution < 1.29 is 14.3 Å². The Hall–Kier alpha value is -1.61. The molecule has 0 bridgehead atoms. The number of carbonyl (C=O) groups is 2. The van der Waals surface area contributed by atoms with Gasteiger partial charge in [-0.15, -0.1) is 0 Å². The Morgan fingerprint density at radius 2 is 1.75 bits per heavy atom. The summed E-state index contributed by atoms with van der Waals surface area (Å²) in [4.78, 5) is 24.5. The van der Waals surface area contributed by atoms with Crippen molar-refractivity contribution in [3.8, 4) is 0 Å². The van der Waals surface area contributed by atoms with Crippen LogP contribution in [0.1, 0.15) is 36.0 Å². The zero-order valence-electron chi connectivity index (χ0n) is 11.2. The molecule has 4 heteroatoms. The minimum atomic E-state index is -0.370. The molecule has 2 rings (SSSR count). The SMILES string of the molecule is C=COC(=O)[C@@H]1CCCC[C@H]1C(=O)c1ccc(Cl)cc1. The van der Waals surface area contributed by atoms with Gasteiger partial charge in [0, 0.05) is 16.5 Å². The van der Waals surface area contributed by atoms with E-state index in [2.05, 4.69) is 6.58 Å². The maximum Gasteiger partial charge on any atom is 0.314 e. The van der Waals surface area contributed by atoms with Gasteiger partial charge in [-0.25, -0.2) is 0 Å². The molecule has 0 spiro atoms. The second-order valence-corrected chi connectivity index (χ2v) is 5.41. The summed E-state index contributed by atoms with van der Waals surface area (Å²) in [6.45, 7) is 3.39. The zero-order valence-corrected chi connectivity index (χ0v) is 11.9. The van der Waals surface area contributed by atoms with Crippen LogP contribution < -0.4 is 0 Å². The van der Waals surface area contributed by atoms with Crippen molar-refractivity contribution in [1.29, 1.82) is 0 Å². The first-order chi connectivity index (χ1) is 9.63. The van der Waals surface area contributed by atoms with Crippen LogP contribution in [-0.4, -0.2) is 11.8 Å². The molecule has 1 aromatic carbocycles. The van der Waals surface area contributed by atoms with Gasteiger partial charge in [0.2, 0.25) is 0 Å². The Bertz CT molecular complexity index is 507. The highest BCUT2D eigenvalue weighted by Gasteiger charge is 2.36. The number of hydrogen-bond acceptors (Lipinski definition) is 3. The van der Waals surface area contributed by atoms with Gasteiger partial charge in [-0.1, -0.05) is 31.0 Å². The van der Waals surface area contributed by atoms with Gasteiger partial charge in [0.15, 0.2) is 5.78 Å². The molecule has 0 amide bonds. The third kappa shape index (κ3) is 3.28. The van der Waals surface area contributed by atoms with E-state index in [1.165, 1.54) is 0 Å². The minimum Gasteiger partial charge on any atom is -0.435 e. The topological polar surface area (TPSA) is 43.4 Å². The fourth-order valence-electron chi connectivity index (χ4n) is 2.72. The summed E-state index contributed by atoms with van der Waals surface area (Å²) in [5.41, 5.74) is 0.595. The van der Waals surface area contributed by atoms with E-state index in [-0.39, 0.29) is 23.6 Å². The number of esters is 1. The maximum absolute atomic E-state index is 12.6. The molecule has 3 nitrogen and oxygen atoms in total. The van der Waals surface area contributed by atoms with Crippen molar-refractivity contribution in [1.82, 2.24) is 0 Å². The van der Waals surface area contributed by atoms with Crippen LogP contribution in [0, 0.1) is 11.8 Å². The van der Waals surface area contributed by atoms with Crippen LogP contribution in [0.3, 0.4) is 0 Å². The molecular weight excluding hydrogens is 276 g/mol. The van der Waals surface area contributed by atoms with E-state index in [0.29, 0.717) is 17.0 Å². The molecule has 0 aliphatic heterocycles. The van der Waals surface area contributed by atoms with E-state index >= 15 is 0 Å². The highest BCUT2D eigenvalue weighted by atomic mass is 35.5. The molecule has 0 radical (unpaired) electrons. The molecule has 1 aliphatic carbocycles. The molecule has 0 unspecified atom stereocenters. The van der Waals surface area contributed by atoms with Crippen molar-refractivity contribution in [2.75, 3.05) is 0 Å². The summed E-state index contributed by atoms with van der Waals surface area (Å²) < 4.78 is 4.87. The van der Waals surface area contributed by atoms with Gasteiger partial charge in [0.25, 0.3) is 0 Å². The second-order valence-electron chi connectivity index (χ2n) is 4.97. The number of ether oxygens (including phenoxy) is 1. The van der Waals surface area contributed by atoms with E-state index in [1.54, 1.807) is 24.3 Å². The maximum atomic E-state index is 12.6. The molecule has 2 atom stereocenters. The fraction of sp³-hybridized carbons (Fsp3) is 0.375. The van der Waals surface area contributed by atoms with Crippen LogP contribution in [0.4, 0.5) is 0 Å². The molecular formula is C16H17ClO3. The van der Waals surface area contributed by atoms with Crippen LogP contribution in [0.5, 0.6) is 0 Å². The molecule has 106 valence electrons. The van der Waals surface area contributed by atoms with Crippen molar-refractivity contribution in [3.05, 3.63) is 47.7 Å². The highest BCUT2D eigenvalue weighted by Crippen LogP contribution is 2.33. The molecule has 0 saturated heterocycles. The normalized spacial score (nSPS) is 22.1. The molecule has 0 N–H and O–H groups in total. The summed E-state index contributed by atoms with van der Waals surface area (Å²) in [5.74, 6) is -1.04. The van der Waals surface area contributed by atoms with Gasteiger partial charge < -0.3 is 4.74 Å². The molecule has 1 fully saturated rings. The summed E-state index contributed by atoms with van der Waals surface area (Å²) in [5, 5.41) is 0.591. The molecule has 1 saturated carbocycles. The van der Waals surface area contributed by atoms with E-state index in [4.69, 9.17) is 16.3 Å². The quantitative estimate of drug-likeness (QED) is 0.478. The van der Waals surface area contributed by atoms with Gasteiger partial charge in [-0.05, 0) is 37.1 Å². The van der Waals surface area contributed by atoms with Crippen molar-refractivity contribution in [2.24, 2.45) is 11.8 Å². The largest absolute Gasteiger partial charge is 0.435 e. The Morgan fingerprint density at radius 1 is 1.15 bits per heavy atom. The third-order valence-electron chi connectivity index (χ3n) is 3.73. The van der Waals surface area contributed by atoms with E-state index in [9.17, 15) is 9.59 Å². The smallest absolute Gasteiger partial charge is 0.314 e. The Kier molecular flexibility index (Phi) is 4.96. The van der Waals surface area contributed by atoms with E-state index in [1.807, 2.05) is 0 Å². The Balaban J connectivity index is 2.18. The lowest BCUT2D eigenvalue weighted by Crippen LogP contribution is -2.33. The van der Waals surface area contributed by atoms with Crippen molar-refractivity contribution in [3.63, 3.8) is 0 Å². The van der Waals surface area contributed by atoms with Crippen molar-refractivity contribution >= 4 is 23.4 Å². The number of halogens is 1. The third-order valence-corrected chi connectivity index (χ3v) is 3.99. The van der Waals surface area contributed by atoms with Gasteiger partial charge in [0.1, 0.15) is 0 Å². The number of rotatable bonds is 4. The van der Waals surface area contributed by atoms with Crippen LogP contribution in [0.2, 0.25) is 5.02 Å². The fourth-order valence-corrected chi connectivity index (χ4v) is 2.85. The number of carbonyl (C=O) groups excluding carboxylic acids is 2. The lowest BCUT2D eigenvalue weighted by atomic mass is 9.75. The number of hydrogen-bond donors (Lipinski definition) is 0. The molecule has 0 heterocycles. The van der Waals surface area contributed by atoms with Crippen LogP contribution in [0.25, 0.3) is 0 Å². The standard InChI is InChI=1S/C16H17ClO3/c1-2-20-16(19)14-6-4-3-5-13(14)15(18)11-7-9-12(17)10-8-11/h2,7-10,13-14H,1,3-6H2/t13-,14-/m1/s1. The number of benzene rings is 1. The summed E-state index contributed by atoms with van der Waals surface area (Å²) >= 11 is 5.83. The summed E-state index contributed by atoms with van der Waals surface area (Å²) in [6, 6.07) is 6.79. The number of ketones is 1. The predicted molar refractivity (Wildman–Crippen MR) is 77.5 cm³/mol. The predicted octanol–water partition coefficient (Wildman–Crippen LogP) is 4.02. The summed E-state index contributed by atoms with van der Waals surface area (Å²) in [7, 11) is 0. The van der Waals surface area contributed by atoms with E-state index < -0.39 is 0 Å². The first kappa shape index (κ1) is 14.8. The lowest BCUT2D eigenvalue weighted by Gasteiger charge is -2.28. The molecule has 20 heavy (non-hydrogen) atoms. The number of Topliss-reactive ketones (excluding diaryl/α,β-unsaturated/α-hetero) is 1. The zero-order chi connectivity index (χ0) is 14.5. The van der Waals surface area contributed by atoms with Gasteiger partial charge in [-0.3, -0.25) is 9.59 Å². The first-order valence-corrected chi connectivity index (χ1v) is 7.12. The van der Waals surface area contributed by atoms with Gasteiger partial charge >= 0.3 is 5.97 Å². The average Bonchev–Trinajstić information content (AvgIpc) is 2.47. The lowest BCUT2D eigenvalue weighted by molar-refractivity contribution is -0.145. The summed E-state index contributed by atoms with van der Waals surface area (Å²) in [6.07, 6.45) is 4.44. The van der Waals surface area contributed by atoms with Gasteiger partial charge in [0.05, 0.1) is 12.2 Å². The second kappa shape index (κ2) is 6.71. The average molecular weight is 293 g/mol. The molecule has 1 aromatic rings. The Labute approximate surface area is 123 Å². The van der Waals surface area contributed by atoms with Crippen molar-refractivity contribution in [2.45, 2.75) is 25.7 Å². The van der Waals surface area contributed by atoms with Gasteiger partial charge in [-0.2, -0.15) is 0 Å². The minimum absolute atomic E-state index is 0.00706. The van der Waals surface area contributed by atoms with Crippen LogP contribution >= 0.6 is 11.6 Å². The highest BCUT2D eigenvalue weighted by molar-refractivity contribution is 6.30. The van der Waals surface area contributed by atoms with Crippen LogP contribution in [0.15, 0.2) is 37.1 Å². The molecule has 1 aliphatic rings. The van der Waals surface area contributed by atoms with Crippen LogP contribution in [-0.2, 0) is 9.53 Å². The Morgan fingerprint density at radius 3 is 2.35 bits per heavy atom. The monoisotopic (exact) mass is 292 g/mol. The van der Waals surface area contributed by atoms with E-state index in [0.717, 1.165) is 25.5 Å².